The van der Waals surface area contributed by atoms with Crippen LogP contribution in [0, 0.1) is 18.7 Å². The molecule has 4 heteroatoms. The first-order valence-electron chi connectivity index (χ1n) is 6.36. The molecule has 1 heterocycles. The van der Waals surface area contributed by atoms with Gasteiger partial charge in [0, 0.05) is 11.6 Å². The number of nitrogen functional groups attached to an aromatic ring is 1. The standard InChI is InChI=1S/C14H18FN3/c1-8-6-12-11(7-10(8)15)17-13(16)18(12)14(2,3)9-4-5-9/h6-7,9H,4-5H2,1-3H3,(H2,16,17). The summed E-state index contributed by atoms with van der Waals surface area (Å²) in [5.74, 6) is 0.894. The van der Waals surface area contributed by atoms with Crippen molar-refractivity contribution < 1.29 is 4.39 Å². The Morgan fingerprint density at radius 3 is 2.67 bits per heavy atom. The molecular formula is C14H18FN3. The largest absolute Gasteiger partial charge is 0.369 e. The van der Waals surface area contributed by atoms with E-state index in [0.717, 1.165) is 5.52 Å². The summed E-state index contributed by atoms with van der Waals surface area (Å²) < 4.78 is 15.6. The van der Waals surface area contributed by atoms with Gasteiger partial charge in [0.15, 0.2) is 0 Å². The minimum absolute atomic E-state index is 0.0525. The molecule has 0 radical (unpaired) electrons. The van der Waals surface area contributed by atoms with E-state index in [1.54, 1.807) is 6.92 Å². The highest BCUT2D eigenvalue weighted by atomic mass is 19.1. The van der Waals surface area contributed by atoms with Crippen LogP contribution in [0.25, 0.3) is 11.0 Å². The second-order valence-electron chi connectivity index (χ2n) is 5.82. The smallest absolute Gasteiger partial charge is 0.201 e. The first-order chi connectivity index (χ1) is 8.41. The number of benzene rings is 1. The number of fused-ring (bicyclic) bond motifs is 1. The molecule has 0 saturated heterocycles. The van der Waals surface area contributed by atoms with Crippen LogP contribution in [-0.4, -0.2) is 9.55 Å². The van der Waals surface area contributed by atoms with Crippen molar-refractivity contribution in [2.45, 2.75) is 39.2 Å². The van der Waals surface area contributed by atoms with Crippen LogP contribution in [0.2, 0.25) is 0 Å². The predicted molar refractivity (Wildman–Crippen MR) is 70.9 cm³/mol. The van der Waals surface area contributed by atoms with Crippen LogP contribution >= 0.6 is 0 Å². The minimum Gasteiger partial charge on any atom is -0.369 e. The summed E-state index contributed by atoms with van der Waals surface area (Å²) in [5, 5.41) is 0. The number of imidazole rings is 1. The van der Waals surface area contributed by atoms with Crippen molar-refractivity contribution >= 4 is 17.0 Å². The number of hydrogen-bond donors (Lipinski definition) is 1. The lowest BCUT2D eigenvalue weighted by Gasteiger charge is -2.28. The third-order valence-electron chi connectivity index (χ3n) is 4.11. The van der Waals surface area contributed by atoms with Crippen LogP contribution in [0.15, 0.2) is 12.1 Å². The molecule has 1 aliphatic carbocycles. The van der Waals surface area contributed by atoms with Crippen LogP contribution in [-0.2, 0) is 5.54 Å². The van der Waals surface area contributed by atoms with Crippen LogP contribution in [0.3, 0.4) is 0 Å². The molecule has 1 fully saturated rings. The highest BCUT2D eigenvalue weighted by Crippen LogP contribution is 2.46. The number of aryl methyl sites for hydroxylation is 1. The number of anilines is 1. The quantitative estimate of drug-likeness (QED) is 0.885. The Morgan fingerprint density at radius 2 is 2.06 bits per heavy atom. The van der Waals surface area contributed by atoms with Gasteiger partial charge in [0.05, 0.1) is 11.0 Å². The van der Waals surface area contributed by atoms with E-state index in [0.29, 0.717) is 22.9 Å². The molecule has 2 N–H and O–H groups in total. The van der Waals surface area contributed by atoms with Crippen molar-refractivity contribution in [1.82, 2.24) is 9.55 Å². The zero-order chi connectivity index (χ0) is 13.1. The maximum Gasteiger partial charge on any atom is 0.201 e. The fraction of sp³-hybridized carbons (Fsp3) is 0.500. The average Bonchev–Trinajstić information content (AvgIpc) is 3.05. The van der Waals surface area contributed by atoms with Crippen molar-refractivity contribution in [3.05, 3.63) is 23.5 Å². The van der Waals surface area contributed by atoms with Crippen molar-refractivity contribution in [3.8, 4) is 0 Å². The van der Waals surface area contributed by atoms with Gasteiger partial charge in [-0.1, -0.05) is 0 Å². The summed E-state index contributed by atoms with van der Waals surface area (Å²) >= 11 is 0. The second kappa shape index (κ2) is 3.46. The van der Waals surface area contributed by atoms with Crippen LogP contribution in [0.1, 0.15) is 32.3 Å². The van der Waals surface area contributed by atoms with E-state index in [2.05, 4.69) is 23.4 Å². The Balaban J connectivity index is 2.28. The normalized spacial score (nSPS) is 16.4. The van der Waals surface area contributed by atoms with E-state index in [4.69, 9.17) is 5.73 Å². The maximum absolute atomic E-state index is 13.6. The number of aromatic nitrogens is 2. The molecule has 1 aromatic heterocycles. The molecule has 2 aromatic rings. The number of nitrogens with zero attached hydrogens (tertiary/aromatic N) is 2. The van der Waals surface area contributed by atoms with Crippen LogP contribution in [0.4, 0.5) is 10.3 Å². The third-order valence-corrected chi connectivity index (χ3v) is 4.11. The van der Waals surface area contributed by atoms with Gasteiger partial charge in [-0.2, -0.15) is 0 Å². The molecule has 96 valence electrons. The van der Waals surface area contributed by atoms with Crippen molar-refractivity contribution in [3.63, 3.8) is 0 Å². The molecule has 0 spiro atoms. The van der Waals surface area contributed by atoms with Gasteiger partial charge >= 0.3 is 0 Å². The van der Waals surface area contributed by atoms with Crippen molar-refractivity contribution in [2.75, 3.05) is 5.73 Å². The molecule has 1 saturated carbocycles. The van der Waals surface area contributed by atoms with E-state index in [1.165, 1.54) is 18.9 Å². The molecular weight excluding hydrogens is 229 g/mol. The monoisotopic (exact) mass is 247 g/mol. The van der Waals surface area contributed by atoms with Crippen molar-refractivity contribution in [2.24, 2.45) is 5.92 Å². The second-order valence-corrected chi connectivity index (χ2v) is 5.82. The van der Waals surface area contributed by atoms with Gasteiger partial charge in [0.1, 0.15) is 5.82 Å². The topological polar surface area (TPSA) is 43.8 Å². The molecule has 0 amide bonds. The molecule has 1 aliphatic rings. The summed E-state index contributed by atoms with van der Waals surface area (Å²) in [5.41, 5.74) is 8.19. The summed E-state index contributed by atoms with van der Waals surface area (Å²) in [6.45, 7) is 6.13. The summed E-state index contributed by atoms with van der Waals surface area (Å²) in [6.07, 6.45) is 2.46. The van der Waals surface area contributed by atoms with Gasteiger partial charge in [-0.15, -0.1) is 0 Å². The van der Waals surface area contributed by atoms with E-state index < -0.39 is 0 Å². The molecule has 0 atom stereocenters. The predicted octanol–water partition coefficient (Wildman–Crippen LogP) is 3.21. The summed E-state index contributed by atoms with van der Waals surface area (Å²) in [4.78, 5) is 4.29. The summed E-state index contributed by atoms with van der Waals surface area (Å²) in [7, 11) is 0. The highest BCUT2D eigenvalue weighted by molar-refractivity contribution is 5.79. The Bertz CT molecular complexity index is 623. The zero-order valence-corrected chi connectivity index (χ0v) is 11.0. The van der Waals surface area contributed by atoms with E-state index in [-0.39, 0.29) is 11.4 Å². The molecule has 18 heavy (non-hydrogen) atoms. The lowest BCUT2D eigenvalue weighted by molar-refractivity contribution is 0.318. The summed E-state index contributed by atoms with van der Waals surface area (Å²) in [6, 6.07) is 3.32. The number of hydrogen-bond acceptors (Lipinski definition) is 2. The Morgan fingerprint density at radius 1 is 1.39 bits per heavy atom. The van der Waals surface area contributed by atoms with E-state index in [1.807, 2.05) is 6.07 Å². The van der Waals surface area contributed by atoms with Crippen molar-refractivity contribution in [1.29, 1.82) is 0 Å². The Kier molecular flexibility index (Phi) is 2.22. The van der Waals surface area contributed by atoms with E-state index in [9.17, 15) is 4.39 Å². The van der Waals surface area contributed by atoms with Gasteiger partial charge in [-0.25, -0.2) is 9.37 Å². The molecule has 3 nitrogen and oxygen atoms in total. The number of halogens is 1. The SMILES string of the molecule is Cc1cc2c(cc1F)nc(N)n2C(C)(C)C1CC1. The average molecular weight is 247 g/mol. The first-order valence-corrected chi connectivity index (χ1v) is 6.36. The minimum atomic E-state index is -0.226. The fourth-order valence-corrected chi connectivity index (χ4v) is 2.80. The van der Waals surface area contributed by atoms with Gasteiger partial charge in [-0.3, -0.25) is 0 Å². The number of rotatable bonds is 2. The Labute approximate surface area is 106 Å². The zero-order valence-electron chi connectivity index (χ0n) is 11.0. The van der Waals surface area contributed by atoms with Crippen LogP contribution < -0.4 is 5.73 Å². The highest BCUT2D eigenvalue weighted by Gasteiger charge is 2.41. The lowest BCUT2D eigenvalue weighted by atomic mass is 9.98. The maximum atomic E-state index is 13.6. The van der Waals surface area contributed by atoms with Crippen LogP contribution in [0.5, 0.6) is 0 Å². The fourth-order valence-electron chi connectivity index (χ4n) is 2.80. The third kappa shape index (κ3) is 1.51. The molecule has 3 rings (SSSR count). The molecule has 1 aromatic carbocycles. The molecule has 0 bridgehead atoms. The van der Waals surface area contributed by atoms with Gasteiger partial charge < -0.3 is 10.3 Å². The van der Waals surface area contributed by atoms with Gasteiger partial charge in [-0.05, 0) is 51.2 Å². The Hall–Kier alpha value is -1.58. The molecule has 0 aliphatic heterocycles. The molecule has 0 unspecified atom stereocenters. The first kappa shape index (κ1) is 11.5. The van der Waals surface area contributed by atoms with Gasteiger partial charge in [0.2, 0.25) is 5.95 Å². The van der Waals surface area contributed by atoms with E-state index >= 15 is 0 Å². The van der Waals surface area contributed by atoms with Gasteiger partial charge in [0.25, 0.3) is 0 Å². The lowest BCUT2D eigenvalue weighted by Crippen LogP contribution is -2.29. The number of nitrogens with two attached hydrogens (primary N) is 1.